The molecule has 3 heteroatoms. The Morgan fingerprint density at radius 3 is 2.95 bits per heavy atom. The fourth-order valence-corrected chi connectivity index (χ4v) is 2.71. The number of likely N-dealkylation sites (N-methyl/N-ethyl adjacent to an activating group) is 1. The summed E-state index contributed by atoms with van der Waals surface area (Å²) >= 11 is 0. The minimum atomic E-state index is 0.280. The maximum atomic E-state index is 5.94. The van der Waals surface area contributed by atoms with Gasteiger partial charge in [0.15, 0.2) is 0 Å². The molecule has 2 unspecified atom stereocenters. The van der Waals surface area contributed by atoms with E-state index in [1.54, 1.807) is 0 Å². The van der Waals surface area contributed by atoms with Crippen LogP contribution in [0.25, 0.3) is 0 Å². The van der Waals surface area contributed by atoms with Crippen LogP contribution in [0.2, 0.25) is 0 Å². The Hall–Kier alpha value is -0.900. The van der Waals surface area contributed by atoms with E-state index in [1.807, 2.05) is 0 Å². The largest absolute Gasteiger partial charge is 0.381 e. The molecule has 0 saturated carbocycles. The van der Waals surface area contributed by atoms with Gasteiger partial charge in [0.25, 0.3) is 0 Å². The van der Waals surface area contributed by atoms with Crippen molar-refractivity contribution in [2.24, 2.45) is 5.92 Å². The summed E-state index contributed by atoms with van der Waals surface area (Å²) in [7, 11) is 0. The zero-order valence-electron chi connectivity index (χ0n) is 12.9. The van der Waals surface area contributed by atoms with Crippen molar-refractivity contribution >= 4 is 0 Å². The Balaban J connectivity index is 1.93. The highest BCUT2D eigenvalue weighted by Crippen LogP contribution is 2.20. The molecule has 1 aromatic rings. The van der Waals surface area contributed by atoms with Gasteiger partial charge >= 0.3 is 0 Å². The average molecular weight is 277 g/mol. The molecule has 112 valence electrons. The van der Waals surface area contributed by atoms with E-state index in [4.69, 9.17) is 9.47 Å². The first-order valence-corrected chi connectivity index (χ1v) is 7.66. The number of hydrogen-bond acceptors (Lipinski definition) is 3. The lowest BCUT2D eigenvalue weighted by Gasteiger charge is -2.21. The summed E-state index contributed by atoms with van der Waals surface area (Å²) in [4.78, 5) is 0. The van der Waals surface area contributed by atoms with E-state index in [1.165, 1.54) is 16.7 Å². The Kier molecular flexibility index (Phi) is 6.02. The standard InChI is InChI=1S/C17H27NO2/c1-4-18-17(12-20-11-15-7-8-19-10-15)16-9-13(2)5-6-14(16)3/h5-6,9,15,17-18H,4,7-8,10-12H2,1-3H3. The molecule has 1 aliphatic heterocycles. The van der Waals surface area contributed by atoms with E-state index in [2.05, 4.69) is 44.3 Å². The van der Waals surface area contributed by atoms with E-state index in [0.717, 1.165) is 39.4 Å². The van der Waals surface area contributed by atoms with Crippen molar-refractivity contribution in [1.82, 2.24) is 5.32 Å². The molecule has 2 atom stereocenters. The van der Waals surface area contributed by atoms with Gasteiger partial charge in [0.2, 0.25) is 0 Å². The number of rotatable bonds is 7. The molecule has 1 fully saturated rings. The highest BCUT2D eigenvalue weighted by Gasteiger charge is 2.18. The predicted molar refractivity (Wildman–Crippen MR) is 82.1 cm³/mol. The van der Waals surface area contributed by atoms with Gasteiger partial charge in [0.1, 0.15) is 0 Å². The Morgan fingerprint density at radius 2 is 2.25 bits per heavy atom. The van der Waals surface area contributed by atoms with Gasteiger partial charge < -0.3 is 14.8 Å². The second kappa shape index (κ2) is 7.77. The monoisotopic (exact) mass is 277 g/mol. The van der Waals surface area contributed by atoms with Crippen LogP contribution >= 0.6 is 0 Å². The van der Waals surface area contributed by atoms with Gasteiger partial charge in [0, 0.05) is 12.5 Å². The van der Waals surface area contributed by atoms with Crippen molar-refractivity contribution in [3.63, 3.8) is 0 Å². The van der Waals surface area contributed by atoms with Crippen molar-refractivity contribution in [3.05, 3.63) is 34.9 Å². The minimum Gasteiger partial charge on any atom is -0.381 e. The summed E-state index contributed by atoms with van der Waals surface area (Å²) in [6, 6.07) is 6.91. The fourth-order valence-electron chi connectivity index (χ4n) is 2.71. The first-order valence-electron chi connectivity index (χ1n) is 7.66. The molecule has 1 aliphatic rings. The maximum Gasteiger partial charge on any atom is 0.0661 e. The van der Waals surface area contributed by atoms with Gasteiger partial charge in [-0.05, 0) is 37.9 Å². The molecule has 1 aromatic carbocycles. The van der Waals surface area contributed by atoms with Gasteiger partial charge in [-0.15, -0.1) is 0 Å². The highest BCUT2D eigenvalue weighted by molar-refractivity contribution is 5.33. The molecular formula is C17H27NO2. The zero-order valence-corrected chi connectivity index (χ0v) is 12.9. The summed E-state index contributed by atoms with van der Waals surface area (Å²) < 4.78 is 11.3. The molecule has 0 aromatic heterocycles. The molecule has 0 amide bonds. The predicted octanol–water partition coefficient (Wildman–Crippen LogP) is 3.01. The van der Waals surface area contributed by atoms with Crippen LogP contribution in [0.3, 0.4) is 0 Å². The second-order valence-electron chi connectivity index (χ2n) is 5.74. The lowest BCUT2D eigenvalue weighted by molar-refractivity contribution is 0.0746. The topological polar surface area (TPSA) is 30.5 Å². The van der Waals surface area contributed by atoms with E-state index in [-0.39, 0.29) is 6.04 Å². The normalized spacial score (nSPS) is 20.2. The van der Waals surface area contributed by atoms with Gasteiger partial charge in [-0.1, -0.05) is 30.7 Å². The smallest absolute Gasteiger partial charge is 0.0661 e. The third kappa shape index (κ3) is 4.30. The van der Waals surface area contributed by atoms with Gasteiger partial charge in [-0.2, -0.15) is 0 Å². The summed E-state index contributed by atoms with van der Waals surface area (Å²) in [5, 5.41) is 3.54. The van der Waals surface area contributed by atoms with E-state index < -0.39 is 0 Å². The van der Waals surface area contributed by atoms with Crippen molar-refractivity contribution in [3.8, 4) is 0 Å². The fraction of sp³-hybridized carbons (Fsp3) is 0.647. The third-order valence-corrected chi connectivity index (χ3v) is 3.92. The van der Waals surface area contributed by atoms with E-state index >= 15 is 0 Å². The van der Waals surface area contributed by atoms with Crippen molar-refractivity contribution in [2.75, 3.05) is 33.0 Å². The molecule has 3 nitrogen and oxygen atoms in total. The van der Waals surface area contributed by atoms with Gasteiger partial charge in [-0.3, -0.25) is 0 Å². The maximum absolute atomic E-state index is 5.94. The first kappa shape index (κ1) is 15.5. The Bertz CT molecular complexity index is 413. The number of aryl methyl sites for hydroxylation is 2. The van der Waals surface area contributed by atoms with Gasteiger partial charge in [-0.25, -0.2) is 0 Å². The molecule has 1 N–H and O–H groups in total. The quantitative estimate of drug-likeness (QED) is 0.831. The summed E-state index contributed by atoms with van der Waals surface area (Å²) in [5.41, 5.74) is 3.99. The molecule has 2 rings (SSSR count). The molecule has 0 bridgehead atoms. The lowest BCUT2D eigenvalue weighted by Crippen LogP contribution is -2.27. The summed E-state index contributed by atoms with van der Waals surface area (Å²) in [5.74, 6) is 0.580. The van der Waals surface area contributed by atoms with Crippen LogP contribution in [0, 0.1) is 19.8 Å². The number of ether oxygens (including phenoxy) is 2. The van der Waals surface area contributed by atoms with Crippen LogP contribution in [0.4, 0.5) is 0 Å². The highest BCUT2D eigenvalue weighted by atomic mass is 16.5. The summed E-state index contributed by atoms with van der Waals surface area (Å²) in [6.07, 6.45) is 1.13. The van der Waals surface area contributed by atoms with Crippen LogP contribution < -0.4 is 5.32 Å². The van der Waals surface area contributed by atoms with Crippen LogP contribution in [-0.2, 0) is 9.47 Å². The van der Waals surface area contributed by atoms with Crippen LogP contribution in [0.15, 0.2) is 18.2 Å². The average Bonchev–Trinajstić information content (AvgIpc) is 2.94. The van der Waals surface area contributed by atoms with Crippen molar-refractivity contribution < 1.29 is 9.47 Å². The van der Waals surface area contributed by atoms with E-state index in [9.17, 15) is 0 Å². The molecule has 20 heavy (non-hydrogen) atoms. The van der Waals surface area contributed by atoms with E-state index in [0.29, 0.717) is 5.92 Å². The van der Waals surface area contributed by atoms with Crippen LogP contribution in [0.1, 0.15) is 36.1 Å². The SMILES string of the molecule is CCNC(COCC1CCOC1)c1cc(C)ccc1C. The van der Waals surface area contributed by atoms with Crippen molar-refractivity contribution in [1.29, 1.82) is 0 Å². The molecule has 0 aliphatic carbocycles. The molecule has 1 saturated heterocycles. The van der Waals surface area contributed by atoms with Crippen LogP contribution in [0.5, 0.6) is 0 Å². The number of benzene rings is 1. The van der Waals surface area contributed by atoms with Crippen molar-refractivity contribution in [2.45, 2.75) is 33.2 Å². The van der Waals surface area contributed by atoms with Crippen LogP contribution in [-0.4, -0.2) is 33.0 Å². The second-order valence-corrected chi connectivity index (χ2v) is 5.74. The first-order chi connectivity index (χ1) is 9.70. The Labute approximate surface area is 122 Å². The molecule has 0 spiro atoms. The zero-order chi connectivity index (χ0) is 14.4. The minimum absolute atomic E-state index is 0.280. The molecular weight excluding hydrogens is 250 g/mol. The molecule has 0 radical (unpaired) electrons. The third-order valence-electron chi connectivity index (χ3n) is 3.92. The summed E-state index contributed by atoms with van der Waals surface area (Å²) in [6.45, 7) is 10.7. The lowest BCUT2D eigenvalue weighted by atomic mass is 9.99. The number of hydrogen-bond donors (Lipinski definition) is 1. The molecule has 1 heterocycles. The van der Waals surface area contributed by atoms with Gasteiger partial charge in [0.05, 0.1) is 25.9 Å². The number of nitrogens with one attached hydrogen (secondary N) is 1. The Morgan fingerprint density at radius 1 is 1.40 bits per heavy atom.